The van der Waals surface area contributed by atoms with Crippen LogP contribution in [0.3, 0.4) is 0 Å². The Bertz CT molecular complexity index is 623. The lowest BCUT2D eigenvalue weighted by molar-refractivity contribution is 0.1000. The molecular weight excluding hydrogens is 262 g/mol. The first kappa shape index (κ1) is 12.6. The third-order valence-electron chi connectivity index (χ3n) is 3.18. The second-order valence-corrected chi connectivity index (χ2v) is 5.82. The fourth-order valence-electron chi connectivity index (χ4n) is 2.15. The number of rotatable bonds is 3. The largest absolute Gasteiger partial charge is 0.381 e. The van der Waals surface area contributed by atoms with Crippen molar-refractivity contribution in [1.29, 1.82) is 0 Å². The summed E-state index contributed by atoms with van der Waals surface area (Å²) in [4.78, 5) is 23.2. The van der Waals surface area contributed by atoms with E-state index in [0.29, 0.717) is 16.2 Å². The zero-order valence-corrected chi connectivity index (χ0v) is 11.3. The Kier molecular flexibility index (Phi) is 3.79. The van der Waals surface area contributed by atoms with E-state index in [1.807, 2.05) is 11.8 Å². The van der Waals surface area contributed by atoms with Gasteiger partial charge in [-0.3, -0.25) is 9.78 Å². The molecule has 0 bridgehead atoms. The van der Waals surface area contributed by atoms with Gasteiger partial charge < -0.3 is 9.72 Å². The van der Waals surface area contributed by atoms with Crippen LogP contribution in [0.5, 0.6) is 0 Å². The summed E-state index contributed by atoms with van der Waals surface area (Å²) in [6.07, 6.45) is 5.39. The standard InChI is InChI=1S/C13H15N3O2S/c17-13-10-1-4-14-7-11(10)15-12(16-13)8-19-9-2-5-18-6-3-9/h1,4,7,9H,2-3,5-6,8H2,(H,15,16,17). The van der Waals surface area contributed by atoms with Crippen LogP contribution in [-0.2, 0) is 10.5 Å². The molecule has 0 aliphatic carbocycles. The van der Waals surface area contributed by atoms with Gasteiger partial charge in [0.1, 0.15) is 5.82 Å². The molecule has 2 aromatic heterocycles. The molecule has 0 spiro atoms. The van der Waals surface area contributed by atoms with Gasteiger partial charge in [-0.05, 0) is 18.9 Å². The predicted molar refractivity (Wildman–Crippen MR) is 75.3 cm³/mol. The average Bonchev–Trinajstić information content (AvgIpc) is 2.46. The Labute approximate surface area is 114 Å². The van der Waals surface area contributed by atoms with Crippen molar-refractivity contribution in [2.75, 3.05) is 13.2 Å². The van der Waals surface area contributed by atoms with E-state index < -0.39 is 0 Å². The molecule has 2 aromatic rings. The lowest BCUT2D eigenvalue weighted by Gasteiger charge is -2.21. The number of thioether (sulfide) groups is 1. The predicted octanol–water partition coefficient (Wildman–Crippen LogP) is 1.73. The Balaban J connectivity index is 1.75. The second kappa shape index (κ2) is 5.71. The molecule has 6 heteroatoms. The lowest BCUT2D eigenvalue weighted by atomic mass is 10.2. The zero-order valence-electron chi connectivity index (χ0n) is 10.5. The summed E-state index contributed by atoms with van der Waals surface area (Å²) < 4.78 is 5.33. The van der Waals surface area contributed by atoms with E-state index in [1.165, 1.54) is 0 Å². The minimum atomic E-state index is -0.0880. The van der Waals surface area contributed by atoms with E-state index in [0.717, 1.165) is 37.6 Å². The van der Waals surface area contributed by atoms with Gasteiger partial charge >= 0.3 is 0 Å². The van der Waals surface area contributed by atoms with Gasteiger partial charge in [0.15, 0.2) is 0 Å². The number of fused-ring (bicyclic) bond motifs is 1. The quantitative estimate of drug-likeness (QED) is 0.925. The molecule has 3 heterocycles. The number of ether oxygens (including phenoxy) is 1. The normalized spacial score (nSPS) is 16.8. The number of aromatic amines is 1. The highest BCUT2D eigenvalue weighted by atomic mass is 32.2. The topological polar surface area (TPSA) is 67.9 Å². The number of H-pyrrole nitrogens is 1. The fraction of sp³-hybridized carbons (Fsp3) is 0.462. The maximum Gasteiger partial charge on any atom is 0.258 e. The Hall–Kier alpha value is -1.40. The number of hydrogen-bond donors (Lipinski definition) is 1. The fourth-order valence-corrected chi connectivity index (χ4v) is 3.20. The van der Waals surface area contributed by atoms with Gasteiger partial charge in [-0.15, -0.1) is 0 Å². The summed E-state index contributed by atoms with van der Waals surface area (Å²) >= 11 is 1.83. The molecule has 0 saturated carbocycles. The molecule has 0 radical (unpaired) electrons. The summed E-state index contributed by atoms with van der Waals surface area (Å²) in [5.41, 5.74) is 0.573. The molecule has 0 aromatic carbocycles. The minimum Gasteiger partial charge on any atom is -0.381 e. The van der Waals surface area contributed by atoms with E-state index in [9.17, 15) is 4.79 Å². The SMILES string of the molecule is O=c1[nH]c(CSC2CCOCC2)nc2cnccc12. The van der Waals surface area contributed by atoms with Crippen molar-refractivity contribution >= 4 is 22.7 Å². The van der Waals surface area contributed by atoms with Crippen LogP contribution in [0.15, 0.2) is 23.3 Å². The van der Waals surface area contributed by atoms with Crippen LogP contribution in [-0.4, -0.2) is 33.4 Å². The zero-order chi connectivity index (χ0) is 13.1. The third-order valence-corrected chi connectivity index (χ3v) is 4.56. The Morgan fingerprint density at radius 2 is 2.26 bits per heavy atom. The summed E-state index contributed by atoms with van der Waals surface area (Å²) in [7, 11) is 0. The van der Waals surface area contributed by atoms with Gasteiger partial charge in [0.25, 0.3) is 5.56 Å². The number of hydrogen-bond acceptors (Lipinski definition) is 5. The van der Waals surface area contributed by atoms with Gasteiger partial charge in [0.2, 0.25) is 0 Å². The smallest absolute Gasteiger partial charge is 0.258 e. The summed E-state index contributed by atoms with van der Waals surface area (Å²) in [5.74, 6) is 1.45. The van der Waals surface area contributed by atoms with E-state index in [1.54, 1.807) is 18.5 Å². The van der Waals surface area contributed by atoms with Crippen molar-refractivity contribution in [3.63, 3.8) is 0 Å². The van der Waals surface area contributed by atoms with Crippen molar-refractivity contribution in [2.24, 2.45) is 0 Å². The maximum absolute atomic E-state index is 11.9. The molecule has 3 rings (SSSR count). The number of nitrogens with one attached hydrogen (secondary N) is 1. The van der Waals surface area contributed by atoms with Gasteiger partial charge in [0, 0.05) is 24.7 Å². The molecule has 1 fully saturated rings. The molecule has 0 unspecified atom stereocenters. The van der Waals surface area contributed by atoms with Crippen molar-refractivity contribution < 1.29 is 4.74 Å². The highest BCUT2D eigenvalue weighted by Gasteiger charge is 2.14. The Morgan fingerprint density at radius 1 is 1.42 bits per heavy atom. The summed E-state index contributed by atoms with van der Waals surface area (Å²) in [6, 6.07) is 1.69. The molecule has 1 aliphatic rings. The highest BCUT2D eigenvalue weighted by Crippen LogP contribution is 2.24. The summed E-state index contributed by atoms with van der Waals surface area (Å²) in [5, 5.41) is 1.19. The van der Waals surface area contributed by atoms with Crippen molar-refractivity contribution in [3.05, 3.63) is 34.6 Å². The van der Waals surface area contributed by atoms with Crippen molar-refractivity contribution in [3.8, 4) is 0 Å². The van der Waals surface area contributed by atoms with E-state index >= 15 is 0 Å². The van der Waals surface area contributed by atoms with Crippen LogP contribution >= 0.6 is 11.8 Å². The van der Waals surface area contributed by atoms with Crippen LogP contribution in [0.25, 0.3) is 10.9 Å². The first-order valence-electron chi connectivity index (χ1n) is 6.35. The molecule has 100 valence electrons. The average molecular weight is 277 g/mol. The molecule has 5 nitrogen and oxygen atoms in total. The van der Waals surface area contributed by atoms with Crippen LogP contribution in [0, 0.1) is 0 Å². The molecule has 1 N–H and O–H groups in total. The summed E-state index contributed by atoms with van der Waals surface area (Å²) in [6.45, 7) is 1.67. The first-order valence-corrected chi connectivity index (χ1v) is 7.40. The number of aromatic nitrogens is 3. The van der Waals surface area contributed by atoms with E-state index in [-0.39, 0.29) is 5.56 Å². The second-order valence-electron chi connectivity index (χ2n) is 4.53. The van der Waals surface area contributed by atoms with E-state index in [2.05, 4.69) is 15.0 Å². The van der Waals surface area contributed by atoms with Crippen LogP contribution in [0.4, 0.5) is 0 Å². The van der Waals surface area contributed by atoms with Crippen molar-refractivity contribution in [2.45, 2.75) is 23.8 Å². The number of pyridine rings is 1. The molecular formula is C13H15N3O2S. The van der Waals surface area contributed by atoms with Gasteiger partial charge in [-0.1, -0.05) is 0 Å². The third kappa shape index (κ3) is 2.96. The molecule has 1 aliphatic heterocycles. The minimum absolute atomic E-state index is 0.0880. The molecule has 0 atom stereocenters. The monoisotopic (exact) mass is 277 g/mol. The van der Waals surface area contributed by atoms with E-state index in [4.69, 9.17) is 4.74 Å². The maximum atomic E-state index is 11.9. The number of nitrogens with zero attached hydrogens (tertiary/aromatic N) is 2. The van der Waals surface area contributed by atoms with Crippen LogP contribution in [0.2, 0.25) is 0 Å². The van der Waals surface area contributed by atoms with Gasteiger partial charge in [-0.2, -0.15) is 11.8 Å². The van der Waals surface area contributed by atoms with Gasteiger partial charge in [0.05, 0.1) is 22.9 Å². The van der Waals surface area contributed by atoms with Crippen molar-refractivity contribution in [1.82, 2.24) is 15.0 Å². The first-order chi connectivity index (χ1) is 9.33. The van der Waals surface area contributed by atoms with Gasteiger partial charge in [-0.25, -0.2) is 4.98 Å². The molecule has 1 saturated heterocycles. The lowest BCUT2D eigenvalue weighted by Crippen LogP contribution is -2.18. The van der Waals surface area contributed by atoms with Crippen LogP contribution in [0.1, 0.15) is 18.7 Å². The van der Waals surface area contributed by atoms with Crippen LogP contribution < -0.4 is 5.56 Å². The molecule has 0 amide bonds. The Morgan fingerprint density at radius 3 is 3.11 bits per heavy atom. The highest BCUT2D eigenvalue weighted by molar-refractivity contribution is 7.99. The molecule has 19 heavy (non-hydrogen) atoms.